The Morgan fingerprint density at radius 2 is 1.08 bits per heavy atom. The van der Waals surface area contributed by atoms with E-state index in [1.54, 1.807) is 0 Å². The van der Waals surface area contributed by atoms with Crippen LogP contribution < -0.4 is 0 Å². The Labute approximate surface area is 289 Å². The molecule has 4 nitrogen and oxygen atoms in total. The molecule has 2 aliphatic carbocycles. The van der Waals surface area contributed by atoms with E-state index in [1.165, 1.54) is 37.7 Å². The van der Waals surface area contributed by atoms with Crippen LogP contribution in [0.15, 0.2) is 127 Å². The predicted octanol–water partition coefficient (Wildman–Crippen LogP) is 11.2. The van der Waals surface area contributed by atoms with Gasteiger partial charge in [0.15, 0.2) is 17.5 Å². The highest BCUT2D eigenvalue weighted by molar-refractivity contribution is 5.86. The lowest BCUT2D eigenvalue weighted by Crippen LogP contribution is -2.42. The summed E-state index contributed by atoms with van der Waals surface area (Å²) in [6.07, 6.45) is 6.63. The molecule has 49 heavy (non-hydrogen) atoms. The molecule has 0 amide bonds. The van der Waals surface area contributed by atoms with Crippen molar-refractivity contribution in [2.75, 3.05) is 0 Å². The summed E-state index contributed by atoms with van der Waals surface area (Å²) in [5.41, 5.74) is 9.51. The summed E-state index contributed by atoms with van der Waals surface area (Å²) in [6.45, 7) is 4.89. The molecule has 2 saturated carbocycles. The van der Waals surface area contributed by atoms with Crippen LogP contribution in [-0.2, 0) is 5.41 Å². The molecule has 8 rings (SSSR count). The van der Waals surface area contributed by atoms with Crippen LogP contribution >= 0.6 is 0 Å². The minimum absolute atomic E-state index is 0.284. The highest BCUT2D eigenvalue weighted by Gasteiger charge is 2.45. The van der Waals surface area contributed by atoms with E-state index in [9.17, 15) is 5.26 Å². The Kier molecular flexibility index (Phi) is 8.14. The third-order valence-corrected chi connectivity index (χ3v) is 10.7. The van der Waals surface area contributed by atoms with Gasteiger partial charge in [0.1, 0.15) is 0 Å². The summed E-state index contributed by atoms with van der Waals surface area (Å²) in [5, 5.41) is 9.89. The van der Waals surface area contributed by atoms with Gasteiger partial charge in [-0.2, -0.15) is 5.26 Å². The van der Waals surface area contributed by atoms with Crippen molar-refractivity contribution in [1.82, 2.24) is 15.0 Å². The minimum atomic E-state index is 0.284. The molecule has 2 aliphatic rings. The second-order valence-corrected chi connectivity index (χ2v) is 14.5. The zero-order valence-corrected chi connectivity index (χ0v) is 28.2. The summed E-state index contributed by atoms with van der Waals surface area (Å²) >= 11 is 0. The van der Waals surface area contributed by atoms with Gasteiger partial charge in [0.2, 0.25) is 0 Å². The lowest BCUT2D eigenvalue weighted by molar-refractivity contribution is 0.0780. The lowest BCUT2D eigenvalue weighted by atomic mass is 9.54. The van der Waals surface area contributed by atoms with E-state index in [2.05, 4.69) is 74.5 Å². The SMILES string of the molecule is C[C@@H]1CC2C[C@H](C)CC(c3ccc(-c4cc(C#N)ccc4-c4cccc(-c5nc(-c6ccccc6)nc(-c6ccccc6)n5)c4)cc3)(C2)C1. The van der Waals surface area contributed by atoms with Gasteiger partial charge >= 0.3 is 0 Å². The van der Waals surface area contributed by atoms with E-state index in [4.69, 9.17) is 15.0 Å². The Hall–Kier alpha value is -5.40. The fraction of sp³-hybridized carbons (Fsp3) is 0.244. The van der Waals surface area contributed by atoms with Crippen LogP contribution in [0.3, 0.4) is 0 Å². The standard InChI is InChI=1S/C45H40N4/c1-30-22-33-23-31(2)27-45(26-30,28-33)39-19-17-34(18-20-39)41-24-32(29-46)16-21-40(41)37-14-9-15-38(25-37)44-48-42(35-10-5-3-6-11-35)47-43(49-44)36-12-7-4-8-13-36/h3-21,24-25,30-31,33H,22-23,26-28H2,1-2H3/t30-,31+,33?,45?. The first-order chi connectivity index (χ1) is 24.0. The second kappa shape index (κ2) is 12.9. The maximum absolute atomic E-state index is 9.89. The molecule has 0 radical (unpaired) electrons. The van der Waals surface area contributed by atoms with Gasteiger partial charge in [-0.3, -0.25) is 0 Å². The van der Waals surface area contributed by atoms with Crippen molar-refractivity contribution in [3.05, 3.63) is 139 Å². The molecule has 6 aromatic rings. The molecule has 1 heterocycles. The van der Waals surface area contributed by atoms with Gasteiger partial charge in [0.05, 0.1) is 11.6 Å². The van der Waals surface area contributed by atoms with E-state index in [-0.39, 0.29) is 5.41 Å². The smallest absolute Gasteiger partial charge is 0.164 e. The average Bonchev–Trinajstić information content (AvgIpc) is 3.14. The fourth-order valence-electron chi connectivity index (χ4n) is 8.93. The van der Waals surface area contributed by atoms with Crippen LogP contribution in [-0.4, -0.2) is 15.0 Å². The first-order valence-electron chi connectivity index (χ1n) is 17.6. The Morgan fingerprint density at radius 3 is 1.67 bits per heavy atom. The van der Waals surface area contributed by atoms with Gasteiger partial charge < -0.3 is 0 Å². The van der Waals surface area contributed by atoms with Crippen molar-refractivity contribution in [2.45, 2.75) is 51.4 Å². The quantitative estimate of drug-likeness (QED) is 0.182. The Morgan fingerprint density at radius 1 is 0.531 bits per heavy atom. The third-order valence-electron chi connectivity index (χ3n) is 10.7. The molecule has 2 bridgehead atoms. The predicted molar refractivity (Wildman–Crippen MR) is 198 cm³/mol. The van der Waals surface area contributed by atoms with E-state index in [1.807, 2.05) is 72.8 Å². The zero-order chi connectivity index (χ0) is 33.4. The molecule has 4 atom stereocenters. The average molecular weight is 637 g/mol. The second-order valence-electron chi connectivity index (χ2n) is 14.5. The van der Waals surface area contributed by atoms with Crippen LogP contribution in [0, 0.1) is 29.1 Å². The maximum Gasteiger partial charge on any atom is 0.164 e. The van der Waals surface area contributed by atoms with Gasteiger partial charge in [0.25, 0.3) is 0 Å². The van der Waals surface area contributed by atoms with Crippen LogP contribution in [0.25, 0.3) is 56.4 Å². The van der Waals surface area contributed by atoms with E-state index >= 15 is 0 Å². The molecule has 2 unspecified atom stereocenters. The number of fused-ring (bicyclic) bond motifs is 2. The zero-order valence-electron chi connectivity index (χ0n) is 28.2. The van der Waals surface area contributed by atoms with Crippen molar-refractivity contribution >= 4 is 0 Å². The topological polar surface area (TPSA) is 62.5 Å². The molecule has 5 aromatic carbocycles. The number of benzene rings is 5. The Balaban J connectivity index is 1.19. The van der Waals surface area contributed by atoms with E-state index in [0.29, 0.717) is 23.0 Å². The highest BCUT2D eigenvalue weighted by Crippen LogP contribution is 2.54. The molecule has 2 fully saturated rings. The largest absolute Gasteiger partial charge is 0.208 e. The van der Waals surface area contributed by atoms with Crippen molar-refractivity contribution in [3.8, 4) is 62.5 Å². The molecule has 0 aliphatic heterocycles. The lowest BCUT2D eigenvalue weighted by Gasteiger charge is -2.50. The Bertz CT molecular complexity index is 2070. The molecule has 240 valence electrons. The number of nitriles is 1. The summed E-state index contributed by atoms with van der Waals surface area (Å²) in [7, 11) is 0. The number of hydrogen-bond donors (Lipinski definition) is 0. The number of aromatic nitrogens is 3. The number of rotatable bonds is 6. The van der Waals surface area contributed by atoms with Gasteiger partial charge in [-0.1, -0.05) is 123 Å². The normalized spacial score (nSPS) is 21.5. The number of nitrogens with zero attached hydrogens (tertiary/aromatic N) is 4. The van der Waals surface area contributed by atoms with E-state index in [0.717, 1.165) is 56.7 Å². The third kappa shape index (κ3) is 6.18. The first kappa shape index (κ1) is 30.9. The van der Waals surface area contributed by atoms with Crippen molar-refractivity contribution in [2.24, 2.45) is 17.8 Å². The molecule has 0 saturated heterocycles. The van der Waals surface area contributed by atoms with Crippen molar-refractivity contribution in [3.63, 3.8) is 0 Å². The van der Waals surface area contributed by atoms with Crippen molar-refractivity contribution in [1.29, 1.82) is 5.26 Å². The van der Waals surface area contributed by atoms with Crippen LogP contribution in [0.2, 0.25) is 0 Å². The molecule has 1 aromatic heterocycles. The van der Waals surface area contributed by atoms with Gasteiger partial charge in [-0.05, 0) is 101 Å². The fourth-order valence-corrected chi connectivity index (χ4v) is 8.93. The van der Waals surface area contributed by atoms with E-state index < -0.39 is 0 Å². The molecule has 0 N–H and O–H groups in total. The number of hydrogen-bond acceptors (Lipinski definition) is 4. The van der Waals surface area contributed by atoms with Gasteiger partial charge in [-0.25, -0.2) is 15.0 Å². The minimum Gasteiger partial charge on any atom is -0.208 e. The molecule has 0 spiro atoms. The van der Waals surface area contributed by atoms with Gasteiger partial charge in [0, 0.05) is 16.7 Å². The molecular weight excluding hydrogens is 597 g/mol. The van der Waals surface area contributed by atoms with Crippen LogP contribution in [0.5, 0.6) is 0 Å². The monoisotopic (exact) mass is 636 g/mol. The van der Waals surface area contributed by atoms with Crippen LogP contribution in [0.4, 0.5) is 0 Å². The summed E-state index contributed by atoms with van der Waals surface area (Å²) in [6, 6.07) is 46.2. The van der Waals surface area contributed by atoms with Crippen molar-refractivity contribution < 1.29 is 0 Å². The van der Waals surface area contributed by atoms with Crippen LogP contribution in [0.1, 0.15) is 57.1 Å². The summed E-state index contributed by atoms with van der Waals surface area (Å²) < 4.78 is 0. The highest BCUT2D eigenvalue weighted by atomic mass is 15.0. The first-order valence-corrected chi connectivity index (χ1v) is 17.6. The summed E-state index contributed by atoms with van der Waals surface area (Å²) in [5.74, 6) is 4.28. The van der Waals surface area contributed by atoms with Gasteiger partial charge in [-0.15, -0.1) is 0 Å². The molecule has 4 heteroatoms. The maximum atomic E-state index is 9.89. The summed E-state index contributed by atoms with van der Waals surface area (Å²) in [4.78, 5) is 14.8. The molecular formula is C45H40N4.